The molecule has 0 bridgehead atoms. The van der Waals surface area contributed by atoms with Crippen molar-refractivity contribution < 1.29 is 28.6 Å². The van der Waals surface area contributed by atoms with Gasteiger partial charge in [-0.25, -0.2) is 0 Å². The first kappa shape index (κ1) is 61.4. The van der Waals surface area contributed by atoms with E-state index in [-0.39, 0.29) is 31.1 Å². The Balaban J connectivity index is 4.27. The third kappa shape index (κ3) is 51.3. The maximum atomic E-state index is 12.8. The van der Waals surface area contributed by atoms with E-state index in [4.69, 9.17) is 14.2 Å². The van der Waals surface area contributed by atoms with Crippen LogP contribution in [-0.4, -0.2) is 37.2 Å². The summed E-state index contributed by atoms with van der Waals surface area (Å²) >= 11 is 0. The van der Waals surface area contributed by atoms with E-state index in [0.29, 0.717) is 19.3 Å². The Kier molecular flexibility index (Phi) is 48.6. The molecule has 0 aromatic heterocycles. The summed E-state index contributed by atoms with van der Waals surface area (Å²) in [7, 11) is 0. The number of unbranched alkanes of at least 4 members (excludes halogenated alkanes) is 36. The number of ether oxygens (including phenoxy) is 3. The Morgan fingerprint density at radius 3 is 0.778 bits per heavy atom. The molecule has 0 aliphatic rings. The van der Waals surface area contributed by atoms with Crippen LogP contribution in [0.5, 0.6) is 0 Å². The highest BCUT2D eigenvalue weighted by atomic mass is 16.6. The first-order chi connectivity index (χ1) is 30.7. The van der Waals surface area contributed by atoms with Gasteiger partial charge in [0.25, 0.3) is 0 Å². The molecule has 0 radical (unpaired) electrons. The zero-order valence-electron chi connectivity index (χ0n) is 43.2. The van der Waals surface area contributed by atoms with Gasteiger partial charge in [-0.1, -0.05) is 279 Å². The van der Waals surface area contributed by atoms with E-state index in [1.807, 2.05) is 0 Å². The largest absolute Gasteiger partial charge is 0.462 e. The van der Waals surface area contributed by atoms with E-state index in [2.05, 4.69) is 34.6 Å². The molecule has 0 spiro atoms. The van der Waals surface area contributed by atoms with Gasteiger partial charge in [-0.15, -0.1) is 0 Å². The van der Waals surface area contributed by atoms with E-state index in [0.717, 1.165) is 69.6 Å². The average Bonchev–Trinajstić information content (AvgIpc) is 3.25. The van der Waals surface area contributed by atoms with Crippen LogP contribution in [0.1, 0.15) is 317 Å². The summed E-state index contributed by atoms with van der Waals surface area (Å²) in [5.41, 5.74) is 0. The summed E-state index contributed by atoms with van der Waals surface area (Å²) < 4.78 is 16.9. The van der Waals surface area contributed by atoms with Crippen LogP contribution in [0.3, 0.4) is 0 Å². The predicted molar refractivity (Wildman–Crippen MR) is 270 cm³/mol. The molecule has 0 rings (SSSR count). The second-order valence-corrected chi connectivity index (χ2v) is 20.5. The van der Waals surface area contributed by atoms with E-state index >= 15 is 0 Å². The van der Waals surface area contributed by atoms with Crippen molar-refractivity contribution in [2.45, 2.75) is 323 Å². The molecule has 0 heterocycles. The summed E-state index contributed by atoms with van der Waals surface area (Å²) in [5, 5.41) is 0. The maximum Gasteiger partial charge on any atom is 0.306 e. The molecule has 0 saturated carbocycles. The highest BCUT2D eigenvalue weighted by Crippen LogP contribution is 2.18. The summed E-state index contributed by atoms with van der Waals surface area (Å²) in [6.45, 7) is 11.4. The Bertz CT molecular complexity index is 962. The van der Waals surface area contributed by atoms with Crippen molar-refractivity contribution in [1.29, 1.82) is 0 Å². The highest BCUT2D eigenvalue weighted by Gasteiger charge is 2.19. The van der Waals surface area contributed by atoms with Crippen LogP contribution >= 0.6 is 0 Å². The average molecular weight is 892 g/mol. The van der Waals surface area contributed by atoms with Crippen LogP contribution in [0, 0.1) is 11.8 Å². The molecule has 0 unspecified atom stereocenters. The Hall–Kier alpha value is -1.59. The highest BCUT2D eigenvalue weighted by molar-refractivity contribution is 5.71. The van der Waals surface area contributed by atoms with Gasteiger partial charge in [0.2, 0.25) is 0 Å². The summed E-state index contributed by atoms with van der Waals surface area (Å²) in [4.78, 5) is 38.1. The van der Waals surface area contributed by atoms with Gasteiger partial charge in [-0.3, -0.25) is 14.4 Å². The molecule has 0 aromatic carbocycles. The molecular formula is C57H110O6. The first-order valence-corrected chi connectivity index (χ1v) is 28.2. The Morgan fingerprint density at radius 2 is 0.524 bits per heavy atom. The minimum Gasteiger partial charge on any atom is -0.462 e. The van der Waals surface area contributed by atoms with Crippen LogP contribution < -0.4 is 0 Å². The molecule has 63 heavy (non-hydrogen) atoms. The third-order valence-electron chi connectivity index (χ3n) is 13.0. The second-order valence-electron chi connectivity index (χ2n) is 20.5. The summed E-state index contributed by atoms with van der Waals surface area (Å²) in [6.07, 6.45) is 52.3. The minimum absolute atomic E-state index is 0.0628. The maximum absolute atomic E-state index is 12.8. The SMILES string of the molecule is CCCCCCCCCCCCCC(=O)OC[C@H](COC(=O)CCCCCCCCCCCCCCCCCC(C)C)OC(=O)CCCCCCCCCCCCCCCC(C)C. The van der Waals surface area contributed by atoms with Gasteiger partial charge in [0.05, 0.1) is 0 Å². The first-order valence-electron chi connectivity index (χ1n) is 28.2. The number of hydrogen-bond donors (Lipinski definition) is 0. The monoisotopic (exact) mass is 891 g/mol. The van der Waals surface area contributed by atoms with Gasteiger partial charge in [0.15, 0.2) is 6.10 Å². The molecular weight excluding hydrogens is 781 g/mol. The lowest BCUT2D eigenvalue weighted by atomic mass is 10.0. The van der Waals surface area contributed by atoms with Crippen LogP contribution in [0.15, 0.2) is 0 Å². The molecule has 0 amide bonds. The Morgan fingerprint density at radius 1 is 0.302 bits per heavy atom. The number of rotatable bonds is 51. The van der Waals surface area contributed by atoms with Crippen LogP contribution in [0.2, 0.25) is 0 Å². The van der Waals surface area contributed by atoms with Gasteiger partial charge in [0.1, 0.15) is 13.2 Å². The fraction of sp³-hybridized carbons (Fsp3) is 0.947. The number of hydrogen-bond acceptors (Lipinski definition) is 6. The molecule has 0 N–H and O–H groups in total. The van der Waals surface area contributed by atoms with Gasteiger partial charge in [-0.2, -0.15) is 0 Å². The molecule has 6 heteroatoms. The second kappa shape index (κ2) is 49.8. The number of carbonyl (C=O) groups is 3. The summed E-state index contributed by atoms with van der Waals surface area (Å²) in [5.74, 6) is 0.846. The molecule has 6 nitrogen and oxygen atoms in total. The predicted octanol–water partition coefficient (Wildman–Crippen LogP) is 18.5. The zero-order valence-corrected chi connectivity index (χ0v) is 43.2. The molecule has 0 saturated heterocycles. The molecule has 0 aromatic rings. The van der Waals surface area contributed by atoms with Gasteiger partial charge in [0, 0.05) is 19.3 Å². The van der Waals surface area contributed by atoms with Crippen LogP contribution in [0.4, 0.5) is 0 Å². The van der Waals surface area contributed by atoms with E-state index < -0.39 is 6.10 Å². The van der Waals surface area contributed by atoms with Crippen molar-refractivity contribution in [3.05, 3.63) is 0 Å². The van der Waals surface area contributed by atoms with E-state index in [9.17, 15) is 14.4 Å². The van der Waals surface area contributed by atoms with Crippen molar-refractivity contribution in [3.8, 4) is 0 Å². The van der Waals surface area contributed by atoms with Crippen molar-refractivity contribution in [1.82, 2.24) is 0 Å². The van der Waals surface area contributed by atoms with Gasteiger partial charge in [-0.05, 0) is 31.1 Å². The summed E-state index contributed by atoms with van der Waals surface area (Å²) in [6, 6.07) is 0. The molecule has 0 aliphatic carbocycles. The minimum atomic E-state index is -0.762. The lowest BCUT2D eigenvalue weighted by Crippen LogP contribution is -2.30. The lowest BCUT2D eigenvalue weighted by Gasteiger charge is -2.18. The van der Waals surface area contributed by atoms with Gasteiger partial charge < -0.3 is 14.2 Å². The van der Waals surface area contributed by atoms with Crippen molar-refractivity contribution in [2.24, 2.45) is 11.8 Å². The van der Waals surface area contributed by atoms with E-state index in [1.54, 1.807) is 0 Å². The van der Waals surface area contributed by atoms with Crippen molar-refractivity contribution in [3.63, 3.8) is 0 Å². The smallest absolute Gasteiger partial charge is 0.306 e. The number of esters is 3. The molecule has 0 fully saturated rings. The van der Waals surface area contributed by atoms with E-state index in [1.165, 1.54) is 205 Å². The van der Waals surface area contributed by atoms with Gasteiger partial charge >= 0.3 is 17.9 Å². The van der Waals surface area contributed by atoms with Crippen molar-refractivity contribution >= 4 is 17.9 Å². The van der Waals surface area contributed by atoms with Crippen molar-refractivity contribution in [2.75, 3.05) is 13.2 Å². The fourth-order valence-corrected chi connectivity index (χ4v) is 8.70. The molecule has 0 aliphatic heterocycles. The molecule has 1 atom stereocenters. The van der Waals surface area contributed by atoms with Crippen LogP contribution in [0.25, 0.3) is 0 Å². The quantitative estimate of drug-likeness (QED) is 0.0344. The lowest BCUT2D eigenvalue weighted by molar-refractivity contribution is -0.167. The Labute approximate surface area is 393 Å². The number of carbonyl (C=O) groups excluding carboxylic acids is 3. The molecule has 374 valence electrons. The third-order valence-corrected chi connectivity index (χ3v) is 13.0. The topological polar surface area (TPSA) is 78.9 Å². The standard InChI is InChI=1S/C57H110O6/c1-6-7-8-9-10-11-20-27-32-37-42-47-55(58)61-50-54(63-57(60)49-44-39-34-29-24-19-15-17-22-26-31-36-41-46-53(4)5)51-62-56(59)48-43-38-33-28-23-18-14-12-13-16-21-25-30-35-40-45-52(2)3/h52-54H,6-51H2,1-5H3/t54-/m1/s1. The van der Waals surface area contributed by atoms with Crippen LogP contribution in [-0.2, 0) is 28.6 Å². The fourth-order valence-electron chi connectivity index (χ4n) is 8.70. The normalized spacial score (nSPS) is 12.0. The zero-order chi connectivity index (χ0) is 46.1.